The van der Waals surface area contributed by atoms with Gasteiger partial charge >= 0.3 is 5.97 Å². The summed E-state index contributed by atoms with van der Waals surface area (Å²) in [5.41, 5.74) is 2.18. The number of fused-ring (bicyclic) bond motifs is 1. The molecule has 0 bridgehead atoms. The van der Waals surface area contributed by atoms with Crippen molar-refractivity contribution in [1.29, 1.82) is 0 Å². The maximum absolute atomic E-state index is 13.7. The molecule has 34 heavy (non-hydrogen) atoms. The van der Waals surface area contributed by atoms with Crippen molar-refractivity contribution in [3.05, 3.63) is 85.5 Å². The van der Waals surface area contributed by atoms with Crippen molar-refractivity contribution in [2.45, 2.75) is 31.3 Å². The number of esters is 1. The minimum absolute atomic E-state index is 0.207. The zero-order valence-electron chi connectivity index (χ0n) is 19.0. The molecule has 0 aliphatic rings. The summed E-state index contributed by atoms with van der Waals surface area (Å²) >= 11 is 8.96. The molecule has 2 aromatic heterocycles. The Bertz CT molecular complexity index is 1410. The zero-order chi connectivity index (χ0) is 24.2. The van der Waals surface area contributed by atoms with E-state index in [9.17, 15) is 9.59 Å². The Labute approximate surface area is 210 Å². The van der Waals surface area contributed by atoms with Gasteiger partial charge in [0.05, 0.1) is 25.6 Å². The first-order valence-corrected chi connectivity index (χ1v) is 12.8. The third-order valence-corrected chi connectivity index (χ3v) is 7.87. The van der Waals surface area contributed by atoms with Crippen molar-refractivity contribution in [2.24, 2.45) is 0 Å². The molecule has 6 nitrogen and oxygen atoms in total. The van der Waals surface area contributed by atoms with Gasteiger partial charge in [0.25, 0.3) is 5.56 Å². The second-order valence-corrected chi connectivity index (χ2v) is 9.78. The molecule has 0 N–H and O–H groups in total. The van der Waals surface area contributed by atoms with Crippen LogP contribution in [0.5, 0.6) is 5.75 Å². The zero-order valence-corrected chi connectivity index (χ0v) is 21.4. The number of aromatic nitrogens is 2. The molecular formula is C25H23ClN2O4S2. The van der Waals surface area contributed by atoms with Crippen LogP contribution >= 0.6 is 34.7 Å². The number of halogens is 1. The molecule has 4 aromatic rings. The number of hydrogen-bond acceptors (Lipinski definition) is 7. The molecule has 0 atom stereocenters. The van der Waals surface area contributed by atoms with Crippen molar-refractivity contribution in [1.82, 2.24) is 9.55 Å². The van der Waals surface area contributed by atoms with Gasteiger partial charge in [0.2, 0.25) is 0 Å². The minimum atomic E-state index is -0.441. The number of nitrogens with zero attached hydrogens (tertiary/aromatic N) is 2. The SMILES string of the molecule is CCOC(=O)c1sc2nc(SCc3ccccc3Cl)n(Cc3ccccc3OC)c(=O)c2c1C. The number of para-hydroxylation sites is 1. The number of thioether (sulfide) groups is 1. The second kappa shape index (κ2) is 10.6. The van der Waals surface area contributed by atoms with Gasteiger partial charge < -0.3 is 9.47 Å². The molecule has 0 saturated carbocycles. The molecule has 0 aliphatic heterocycles. The second-order valence-electron chi connectivity index (χ2n) is 7.43. The van der Waals surface area contributed by atoms with Gasteiger partial charge in [0.15, 0.2) is 5.16 Å². The topological polar surface area (TPSA) is 70.4 Å². The van der Waals surface area contributed by atoms with Crippen LogP contribution in [0.1, 0.15) is 33.3 Å². The summed E-state index contributed by atoms with van der Waals surface area (Å²) in [5, 5.41) is 1.64. The molecule has 176 valence electrons. The number of ether oxygens (including phenoxy) is 2. The number of carbonyl (C=O) groups is 1. The summed E-state index contributed by atoms with van der Waals surface area (Å²) in [6.07, 6.45) is 0. The Morgan fingerprint density at radius 2 is 1.85 bits per heavy atom. The molecule has 0 fully saturated rings. The van der Waals surface area contributed by atoms with Crippen LogP contribution < -0.4 is 10.3 Å². The van der Waals surface area contributed by atoms with Crippen molar-refractivity contribution < 1.29 is 14.3 Å². The van der Waals surface area contributed by atoms with Crippen LogP contribution in [0.2, 0.25) is 5.02 Å². The number of benzene rings is 2. The van der Waals surface area contributed by atoms with E-state index in [-0.39, 0.29) is 18.7 Å². The quantitative estimate of drug-likeness (QED) is 0.164. The maximum Gasteiger partial charge on any atom is 0.348 e. The van der Waals surface area contributed by atoms with Crippen LogP contribution in [0.25, 0.3) is 10.2 Å². The summed E-state index contributed by atoms with van der Waals surface area (Å²) in [6.45, 7) is 4.05. The van der Waals surface area contributed by atoms with E-state index in [1.54, 1.807) is 25.5 Å². The lowest BCUT2D eigenvalue weighted by molar-refractivity contribution is 0.0531. The molecule has 0 saturated heterocycles. The highest BCUT2D eigenvalue weighted by Gasteiger charge is 2.23. The van der Waals surface area contributed by atoms with Crippen LogP contribution in [0.3, 0.4) is 0 Å². The fourth-order valence-corrected chi connectivity index (χ4v) is 6.00. The van der Waals surface area contributed by atoms with E-state index in [1.807, 2.05) is 48.5 Å². The highest BCUT2D eigenvalue weighted by molar-refractivity contribution is 7.98. The average molecular weight is 515 g/mol. The fraction of sp³-hybridized carbons (Fsp3) is 0.240. The first-order valence-electron chi connectivity index (χ1n) is 10.6. The van der Waals surface area contributed by atoms with Crippen molar-refractivity contribution in [2.75, 3.05) is 13.7 Å². The fourth-order valence-electron chi connectivity index (χ4n) is 3.60. The number of thiophene rings is 1. The van der Waals surface area contributed by atoms with Gasteiger partial charge in [-0.3, -0.25) is 9.36 Å². The predicted molar refractivity (Wildman–Crippen MR) is 138 cm³/mol. The van der Waals surface area contributed by atoms with E-state index in [4.69, 9.17) is 26.1 Å². The average Bonchev–Trinajstić information content (AvgIpc) is 3.17. The summed E-state index contributed by atoms with van der Waals surface area (Å²) in [5.74, 6) is 0.785. The highest BCUT2D eigenvalue weighted by Crippen LogP contribution is 2.32. The number of aryl methyl sites for hydroxylation is 1. The van der Waals surface area contributed by atoms with E-state index in [1.165, 1.54) is 23.1 Å². The largest absolute Gasteiger partial charge is 0.496 e. The van der Waals surface area contributed by atoms with Crippen LogP contribution in [-0.4, -0.2) is 29.2 Å². The number of hydrogen-bond donors (Lipinski definition) is 0. The van der Waals surface area contributed by atoms with Crippen molar-refractivity contribution in [3.63, 3.8) is 0 Å². The third kappa shape index (κ3) is 4.85. The normalized spacial score (nSPS) is 11.1. The van der Waals surface area contributed by atoms with E-state index < -0.39 is 5.97 Å². The Balaban J connectivity index is 1.84. The van der Waals surface area contributed by atoms with E-state index in [0.29, 0.717) is 42.3 Å². The molecule has 0 spiro atoms. The molecular weight excluding hydrogens is 492 g/mol. The molecule has 0 amide bonds. The standard InChI is InChI=1S/C25H23ClN2O4S2/c1-4-32-24(30)21-15(2)20-22(34-21)27-25(33-14-17-10-5-7-11-18(17)26)28(23(20)29)13-16-9-6-8-12-19(16)31-3/h5-12H,4,13-14H2,1-3H3. The summed E-state index contributed by atoms with van der Waals surface area (Å²) in [7, 11) is 1.60. The summed E-state index contributed by atoms with van der Waals surface area (Å²) in [6, 6.07) is 15.2. The van der Waals surface area contributed by atoms with Crippen LogP contribution in [0, 0.1) is 6.92 Å². The molecule has 0 unspecified atom stereocenters. The first-order chi connectivity index (χ1) is 16.4. The predicted octanol–water partition coefficient (Wildman–Crippen LogP) is 5.95. The van der Waals surface area contributed by atoms with Gasteiger partial charge in [-0.05, 0) is 37.1 Å². The Morgan fingerprint density at radius 3 is 2.56 bits per heavy atom. The lowest BCUT2D eigenvalue weighted by atomic mass is 10.2. The van der Waals surface area contributed by atoms with Gasteiger partial charge in [-0.15, -0.1) is 11.3 Å². The maximum atomic E-state index is 13.7. The van der Waals surface area contributed by atoms with E-state index >= 15 is 0 Å². The van der Waals surface area contributed by atoms with E-state index in [2.05, 4.69) is 0 Å². The number of carbonyl (C=O) groups excluding carboxylic acids is 1. The Kier molecular flexibility index (Phi) is 7.60. The van der Waals surface area contributed by atoms with Gasteiger partial charge in [0.1, 0.15) is 15.5 Å². The molecule has 4 rings (SSSR count). The Morgan fingerprint density at radius 1 is 1.15 bits per heavy atom. The van der Waals surface area contributed by atoms with Crippen molar-refractivity contribution >= 4 is 50.9 Å². The lowest BCUT2D eigenvalue weighted by Gasteiger charge is -2.14. The number of methoxy groups -OCH3 is 1. The third-order valence-electron chi connectivity index (χ3n) is 5.31. The van der Waals surface area contributed by atoms with E-state index in [0.717, 1.165) is 11.1 Å². The monoisotopic (exact) mass is 514 g/mol. The summed E-state index contributed by atoms with van der Waals surface area (Å²) in [4.78, 5) is 31.9. The highest BCUT2D eigenvalue weighted by atomic mass is 35.5. The van der Waals surface area contributed by atoms with Crippen LogP contribution in [-0.2, 0) is 17.0 Å². The first kappa shape index (κ1) is 24.3. The molecule has 2 heterocycles. The minimum Gasteiger partial charge on any atom is -0.496 e. The van der Waals surface area contributed by atoms with Crippen LogP contribution in [0.15, 0.2) is 58.5 Å². The molecule has 0 radical (unpaired) electrons. The van der Waals surface area contributed by atoms with Gasteiger partial charge in [-0.25, -0.2) is 9.78 Å². The number of rotatable bonds is 8. The van der Waals surface area contributed by atoms with Crippen LogP contribution in [0.4, 0.5) is 0 Å². The van der Waals surface area contributed by atoms with Gasteiger partial charge in [-0.2, -0.15) is 0 Å². The molecule has 2 aromatic carbocycles. The lowest BCUT2D eigenvalue weighted by Crippen LogP contribution is -2.24. The van der Waals surface area contributed by atoms with Gasteiger partial charge in [0, 0.05) is 16.3 Å². The molecule has 0 aliphatic carbocycles. The molecule has 9 heteroatoms. The Hall–Kier alpha value is -2.81. The van der Waals surface area contributed by atoms with Gasteiger partial charge in [-0.1, -0.05) is 59.8 Å². The summed E-state index contributed by atoms with van der Waals surface area (Å²) < 4.78 is 12.3. The smallest absolute Gasteiger partial charge is 0.348 e. The van der Waals surface area contributed by atoms with Crippen molar-refractivity contribution in [3.8, 4) is 5.75 Å².